The molecule has 0 bridgehead atoms. The summed E-state index contributed by atoms with van der Waals surface area (Å²) in [5.41, 5.74) is 4.75. The molecule has 0 aliphatic carbocycles. The van der Waals surface area contributed by atoms with Crippen LogP contribution in [0, 0.1) is 13.8 Å². The van der Waals surface area contributed by atoms with Crippen LogP contribution in [0.3, 0.4) is 0 Å². The number of aromatic carboxylic acids is 1. The molecule has 27 heavy (non-hydrogen) atoms. The molecule has 4 aromatic rings. The Morgan fingerprint density at radius 1 is 1.19 bits per heavy atom. The van der Waals surface area contributed by atoms with Crippen molar-refractivity contribution in [1.82, 2.24) is 9.97 Å². The molecule has 0 aliphatic heterocycles. The number of carbonyl (C=O) groups is 1. The number of hydrogen-bond acceptors (Lipinski definition) is 6. The maximum Gasteiger partial charge on any atom is 0.371 e. The van der Waals surface area contributed by atoms with Crippen molar-refractivity contribution in [1.29, 1.82) is 0 Å². The average molecular weight is 396 g/mol. The van der Waals surface area contributed by atoms with Crippen LogP contribution >= 0.6 is 23.1 Å². The van der Waals surface area contributed by atoms with Crippen LogP contribution in [-0.2, 0) is 5.75 Å². The number of carboxylic acids is 1. The molecule has 7 heteroatoms. The van der Waals surface area contributed by atoms with Gasteiger partial charge in [0.25, 0.3) is 0 Å². The molecule has 0 fully saturated rings. The number of aryl methyl sites for hydroxylation is 2. The highest BCUT2D eigenvalue weighted by Gasteiger charge is 2.16. The van der Waals surface area contributed by atoms with Crippen LogP contribution in [0.1, 0.15) is 27.4 Å². The van der Waals surface area contributed by atoms with E-state index in [9.17, 15) is 4.79 Å². The highest BCUT2D eigenvalue weighted by molar-refractivity contribution is 7.98. The van der Waals surface area contributed by atoms with Gasteiger partial charge in [0.15, 0.2) is 0 Å². The Morgan fingerprint density at radius 3 is 2.78 bits per heavy atom. The van der Waals surface area contributed by atoms with Crippen molar-refractivity contribution < 1.29 is 14.3 Å². The molecule has 0 atom stereocenters. The van der Waals surface area contributed by atoms with E-state index in [1.807, 2.05) is 0 Å². The van der Waals surface area contributed by atoms with Crippen molar-refractivity contribution in [2.45, 2.75) is 24.6 Å². The molecule has 1 N–H and O–H groups in total. The number of rotatable bonds is 5. The van der Waals surface area contributed by atoms with Gasteiger partial charge in [-0.1, -0.05) is 35.5 Å². The summed E-state index contributed by atoms with van der Waals surface area (Å²) in [7, 11) is 0. The van der Waals surface area contributed by atoms with Gasteiger partial charge in [-0.25, -0.2) is 14.8 Å². The molecule has 0 unspecified atom stereocenters. The second-order valence-corrected chi connectivity index (χ2v) is 8.01. The van der Waals surface area contributed by atoms with Crippen LogP contribution < -0.4 is 0 Å². The summed E-state index contributed by atoms with van der Waals surface area (Å²) in [6.07, 6.45) is 1.57. The quantitative estimate of drug-likeness (QED) is 0.352. The molecule has 3 aromatic heterocycles. The van der Waals surface area contributed by atoms with Crippen molar-refractivity contribution >= 4 is 39.3 Å². The fraction of sp³-hybridized carbons (Fsp3) is 0.150. The molecule has 136 valence electrons. The minimum absolute atomic E-state index is 0.0510. The number of thioether (sulfide) groups is 1. The van der Waals surface area contributed by atoms with E-state index in [1.165, 1.54) is 34.5 Å². The summed E-state index contributed by atoms with van der Waals surface area (Å²) in [5.74, 6) is -0.00953. The predicted molar refractivity (Wildman–Crippen MR) is 108 cm³/mol. The molecule has 3 heterocycles. The van der Waals surface area contributed by atoms with Gasteiger partial charge < -0.3 is 9.52 Å². The van der Waals surface area contributed by atoms with Crippen LogP contribution in [0.5, 0.6) is 0 Å². The van der Waals surface area contributed by atoms with Gasteiger partial charge in [-0.3, -0.25) is 0 Å². The monoisotopic (exact) mass is 396 g/mol. The van der Waals surface area contributed by atoms with Crippen molar-refractivity contribution in [3.63, 3.8) is 0 Å². The number of hydrogen-bond donors (Lipinski definition) is 1. The summed E-state index contributed by atoms with van der Waals surface area (Å²) in [4.78, 5) is 20.8. The third-order valence-electron chi connectivity index (χ3n) is 4.23. The number of carboxylic acid groups (broad SMARTS) is 1. The van der Waals surface area contributed by atoms with Crippen molar-refractivity contribution in [3.05, 3.63) is 64.7 Å². The number of nitrogens with zero attached hydrogens (tertiary/aromatic N) is 2. The van der Waals surface area contributed by atoms with Crippen LogP contribution in [0.25, 0.3) is 21.3 Å². The molecule has 0 amide bonds. The van der Waals surface area contributed by atoms with Crippen molar-refractivity contribution in [2.75, 3.05) is 0 Å². The van der Waals surface area contributed by atoms with E-state index in [0.717, 1.165) is 20.8 Å². The highest BCUT2D eigenvalue weighted by Crippen LogP contribution is 2.39. The smallest absolute Gasteiger partial charge is 0.371 e. The molecule has 0 saturated carbocycles. The van der Waals surface area contributed by atoms with Gasteiger partial charge in [-0.05, 0) is 37.1 Å². The molecular weight excluding hydrogens is 380 g/mol. The Balaban J connectivity index is 1.70. The number of thiophene rings is 1. The highest BCUT2D eigenvalue weighted by atomic mass is 32.2. The van der Waals surface area contributed by atoms with Crippen LogP contribution in [0.2, 0.25) is 0 Å². The van der Waals surface area contributed by atoms with Gasteiger partial charge in [0, 0.05) is 10.9 Å². The molecule has 4 rings (SSSR count). The van der Waals surface area contributed by atoms with Gasteiger partial charge in [0.1, 0.15) is 21.9 Å². The Labute approximate surface area is 164 Å². The molecule has 0 radical (unpaired) electrons. The number of benzene rings is 1. The van der Waals surface area contributed by atoms with Gasteiger partial charge in [0.05, 0.1) is 11.1 Å². The van der Waals surface area contributed by atoms with Crippen LogP contribution in [0.4, 0.5) is 0 Å². The van der Waals surface area contributed by atoms with Gasteiger partial charge in [-0.2, -0.15) is 0 Å². The lowest BCUT2D eigenvalue weighted by Gasteiger charge is -2.08. The maximum absolute atomic E-state index is 11.0. The molecule has 0 spiro atoms. The molecule has 1 aromatic carbocycles. The van der Waals surface area contributed by atoms with E-state index >= 15 is 0 Å². The van der Waals surface area contributed by atoms with E-state index in [1.54, 1.807) is 23.7 Å². The zero-order chi connectivity index (χ0) is 19.0. The number of fused-ring (bicyclic) bond motifs is 1. The van der Waals surface area contributed by atoms with Crippen LogP contribution in [-0.4, -0.2) is 21.0 Å². The second-order valence-electron chi connectivity index (χ2n) is 6.19. The minimum atomic E-state index is -1.06. The van der Waals surface area contributed by atoms with Crippen LogP contribution in [0.15, 0.2) is 51.5 Å². The standard InChI is InChI=1S/C20H16N2O3S2/c1-11-3-5-14(12(2)7-11)15-9-27-19-17(15)18(21-10-22-19)26-8-13-4-6-16(25-13)20(23)24/h3-7,9-10H,8H2,1-2H3,(H,23,24). The number of aromatic nitrogens is 2. The summed E-state index contributed by atoms with van der Waals surface area (Å²) < 4.78 is 5.35. The maximum atomic E-state index is 11.0. The Kier molecular flexibility index (Phi) is 4.72. The molecular formula is C20H16N2O3S2. The zero-order valence-electron chi connectivity index (χ0n) is 14.7. The van der Waals surface area contributed by atoms with Crippen molar-refractivity contribution in [2.24, 2.45) is 0 Å². The normalized spacial score (nSPS) is 11.2. The Bertz CT molecular complexity index is 1150. The van der Waals surface area contributed by atoms with E-state index in [-0.39, 0.29) is 5.76 Å². The zero-order valence-corrected chi connectivity index (χ0v) is 16.4. The lowest BCUT2D eigenvalue weighted by Crippen LogP contribution is -1.92. The van der Waals surface area contributed by atoms with E-state index in [2.05, 4.69) is 47.4 Å². The predicted octanol–water partition coefficient (Wildman–Crippen LogP) is 5.56. The first-order chi connectivity index (χ1) is 13.0. The molecule has 0 saturated heterocycles. The van der Waals surface area contributed by atoms with E-state index in [4.69, 9.17) is 9.52 Å². The largest absolute Gasteiger partial charge is 0.475 e. The van der Waals surface area contributed by atoms with Gasteiger partial charge in [0.2, 0.25) is 5.76 Å². The summed E-state index contributed by atoms with van der Waals surface area (Å²) in [5, 5.41) is 13.0. The SMILES string of the molecule is Cc1ccc(-c2csc3ncnc(SCc4ccc(C(=O)O)o4)c23)c(C)c1. The fourth-order valence-electron chi connectivity index (χ4n) is 2.98. The first-order valence-corrected chi connectivity index (χ1v) is 10.1. The Hall–Kier alpha value is -2.64. The topological polar surface area (TPSA) is 76.2 Å². The van der Waals surface area contributed by atoms with Gasteiger partial charge in [-0.15, -0.1) is 11.3 Å². The average Bonchev–Trinajstić information content (AvgIpc) is 3.27. The number of furan rings is 1. The van der Waals surface area contributed by atoms with Gasteiger partial charge >= 0.3 is 5.97 Å². The third kappa shape index (κ3) is 3.48. The first kappa shape index (κ1) is 17.8. The molecule has 0 aliphatic rings. The summed E-state index contributed by atoms with van der Waals surface area (Å²) in [6, 6.07) is 9.58. The first-order valence-electron chi connectivity index (χ1n) is 8.27. The van der Waals surface area contributed by atoms with E-state index in [0.29, 0.717) is 11.5 Å². The molecule has 5 nitrogen and oxygen atoms in total. The summed E-state index contributed by atoms with van der Waals surface area (Å²) in [6.45, 7) is 4.19. The van der Waals surface area contributed by atoms with E-state index < -0.39 is 5.97 Å². The third-order valence-corrected chi connectivity index (χ3v) is 6.13. The minimum Gasteiger partial charge on any atom is -0.475 e. The van der Waals surface area contributed by atoms with Crippen molar-refractivity contribution in [3.8, 4) is 11.1 Å². The second kappa shape index (κ2) is 7.17. The fourth-order valence-corrected chi connectivity index (χ4v) is 4.86. The lowest BCUT2D eigenvalue weighted by atomic mass is 9.99. The summed E-state index contributed by atoms with van der Waals surface area (Å²) >= 11 is 3.12. The lowest BCUT2D eigenvalue weighted by molar-refractivity contribution is 0.0661. The Morgan fingerprint density at radius 2 is 2.04 bits per heavy atom.